The van der Waals surface area contributed by atoms with Crippen LogP contribution in [0.3, 0.4) is 0 Å². The molecule has 1 saturated heterocycles. The third-order valence-electron chi connectivity index (χ3n) is 6.05. The minimum Gasteiger partial charge on any atom is -0.368 e. The predicted octanol–water partition coefficient (Wildman–Crippen LogP) is 3.23. The Balaban J connectivity index is 1.66. The van der Waals surface area contributed by atoms with Crippen LogP contribution in [0.1, 0.15) is 19.4 Å². The molecule has 2 aromatic carbocycles. The largest absolute Gasteiger partial charge is 0.368 e. The lowest BCUT2D eigenvalue weighted by Crippen LogP contribution is -2.61. The van der Waals surface area contributed by atoms with Crippen molar-refractivity contribution in [3.05, 3.63) is 64.2 Å². The highest BCUT2D eigenvalue weighted by atomic mass is 16.6. The van der Waals surface area contributed by atoms with E-state index in [1.54, 1.807) is 12.1 Å². The van der Waals surface area contributed by atoms with Gasteiger partial charge < -0.3 is 15.1 Å². The Morgan fingerprint density at radius 1 is 1.20 bits per heavy atom. The summed E-state index contributed by atoms with van der Waals surface area (Å²) in [5.41, 5.74) is 3.15. The number of rotatable bonds is 5. The van der Waals surface area contributed by atoms with Gasteiger partial charge in [0.05, 0.1) is 16.9 Å². The number of non-ortho nitro benzene ring substituents is 1. The number of carbonyl (C=O) groups is 1. The SMILES string of the molecule is CC(C)CNC(=O)[C@@H]1Cc2cc([N+](=O)[O-])ccc2N2CCN(c3ccccc3)C[C@H]12. The lowest BCUT2D eigenvalue weighted by molar-refractivity contribution is -0.384. The van der Waals surface area contributed by atoms with Gasteiger partial charge in [0.25, 0.3) is 5.69 Å². The quantitative estimate of drug-likeness (QED) is 0.607. The molecule has 0 radical (unpaired) electrons. The van der Waals surface area contributed by atoms with E-state index in [4.69, 9.17) is 0 Å². The van der Waals surface area contributed by atoms with Crippen molar-refractivity contribution in [2.75, 3.05) is 36.0 Å². The molecule has 7 nitrogen and oxygen atoms in total. The van der Waals surface area contributed by atoms with Crippen molar-refractivity contribution in [3.8, 4) is 0 Å². The number of nitrogens with one attached hydrogen (secondary N) is 1. The molecule has 0 saturated carbocycles. The number of piperazine rings is 1. The summed E-state index contributed by atoms with van der Waals surface area (Å²) in [5, 5.41) is 14.4. The monoisotopic (exact) mass is 408 g/mol. The van der Waals surface area contributed by atoms with E-state index in [1.807, 2.05) is 24.3 Å². The minimum atomic E-state index is -0.368. The highest BCUT2D eigenvalue weighted by Crippen LogP contribution is 2.38. The number of nitro groups is 1. The summed E-state index contributed by atoms with van der Waals surface area (Å²) in [4.78, 5) is 28.7. The van der Waals surface area contributed by atoms with Crippen LogP contribution in [0.5, 0.6) is 0 Å². The number of carbonyl (C=O) groups excluding carboxylic acids is 1. The predicted molar refractivity (Wildman–Crippen MR) is 118 cm³/mol. The Bertz CT molecular complexity index is 931. The second-order valence-electron chi connectivity index (χ2n) is 8.56. The molecule has 4 rings (SSSR count). The Morgan fingerprint density at radius 3 is 2.67 bits per heavy atom. The number of anilines is 2. The molecule has 2 heterocycles. The van der Waals surface area contributed by atoms with Gasteiger partial charge in [-0.15, -0.1) is 0 Å². The zero-order chi connectivity index (χ0) is 21.3. The normalized spacial score (nSPS) is 20.5. The number of para-hydroxylation sites is 1. The summed E-state index contributed by atoms with van der Waals surface area (Å²) < 4.78 is 0. The van der Waals surface area contributed by atoms with E-state index in [0.717, 1.165) is 36.6 Å². The summed E-state index contributed by atoms with van der Waals surface area (Å²) in [6.07, 6.45) is 0.519. The fourth-order valence-electron chi connectivity index (χ4n) is 4.53. The summed E-state index contributed by atoms with van der Waals surface area (Å²) >= 11 is 0. The van der Waals surface area contributed by atoms with E-state index < -0.39 is 0 Å². The van der Waals surface area contributed by atoms with Crippen molar-refractivity contribution in [2.24, 2.45) is 11.8 Å². The summed E-state index contributed by atoms with van der Waals surface area (Å²) in [6.45, 7) is 7.15. The number of hydrogen-bond acceptors (Lipinski definition) is 5. The van der Waals surface area contributed by atoms with Gasteiger partial charge in [-0.05, 0) is 36.1 Å². The van der Waals surface area contributed by atoms with Crippen molar-refractivity contribution < 1.29 is 9.72 Å². The van der Waals surface area contributed by atoms with Gasteiger partial charge >= 0.3 is 0 Å². The van der Waals surface area contributed by atoms with Crippen molar-refractivity contribution >= 4 is 23.0 Å². The van der Waals surface area contributed by atoms with Gasteiger partial charge in [-0.1, -0.05) is 32.0 Å². The van der Waals surface area contributed by atoms with Gasteiger partial charge in [-0.3, -0.25) is 14.9 Å². The molecule has 30 heavy (non-hydrogen) atoms. The van der Waals surface area contributed by atoms with E-state index in [9.17, 15) is 14.9 Å². The first-order valence-electron chi connectivity index (χ1n) is 10.6. The maximum Gasteiger partial charge on any atom is 0.269 e. The van der Waals surface area contributed by atoms with E-state index in [1.165, 1.54) is 0 Å². The highest BCUT2D eigenvalue weighted by molar-refractivity contribution is 5.82. The third-order valence-corrected chi connectivity index (χ3v) is 6.05. The van der Waals surface area contributed by atoms with E-state index >= 15 is 0 Å². The molecule has 158 valence electrons. The molecule has 2 aliphatic heterocycles. The average Bonchev–Trinajstić information content (AvgIpc) is 2.76. The van der Waals surface area contributed by atoms with Gasteiger partial charge in [0.15, 0.2) is 0 Å². The second kappa shape index (κ2) is 8.34. The van der Waals surface area contributed by atoms with Crippen LogP contribution in [0.4, 0.5) is 17.1 Å². The van der Waals surface area contributed by atoms with Gasteiger partial charge in [0, 0.05) is 49.7 Å². The maximum atomic E-state index is 13.1. The number of hydrogen-bond donors (Lipinski definition) is 1. The number of benzene rings is 2. The Kier molecular flexibility index (Phi) is 5.61. The summed E-state index contributed by atoms with van der Waals surface area (Å²) in [6, 6.07) is 15.4. The van der Waals surface area contributed by atoms with Crippen LogP contribution in [0.2, 0.25) is 0 Å². The van der Waals surface area contributed by atoms with Gasteiger partial charge in [-0.25, -0.2) is 0 Å². The van der Waals surface area contributed by atoms with E-state index in [0.29, 0.717) is 18.9 Å². The number of fused-ring (bicyclic) bond motifs is 3. The second-order valence-corrected chi connectivity index (χ2v) is 8.56. The van der Waals surface area contributed by atoms with Gasteiger partial charge in [0.1, 0.15) is 0 Å². The lowest BCUT2D eigenvalue weighted by atomic mass is 9.83. The van der Waals surface area contributed by atoms with Crippen molar-refractivity contribution in [3.63, 3.8) is 0 Å². The zero-order valence-electron chi connectivity index (χ0n) is 17.5. The molecule has 0 unspecified atom stereocenters. The van der Waals surface area contributed by atoms with Gasteiger partial charge in [0.2, 0.25) is 5.91 Å². The van der Waals surface area contributed by atoms with E-state index in [2.05, 4.69) is 41.1 Å². The fraction of sp³-hybridized carbons (Fsp3) is 0.435. The van der Waals surface area contributed by atoms with Crippen molar-refractivity contribution in [1.29, 1.82) is 0 Å². The molecule has 0 spiro atoms. The number of amides is 1. The van der Waals surface area contributed by atoms with Crippen LogP contribution in [0.25, 0.3) is 0 Å². The Labute approximate surface area is 176 Å². The maximum absolute atomic E-state index is 13.1. The summed E-state index contributed by atoms with van der Waals surface area (Å²) in [5.74, 6) is 0.157. The molecule has 7 heteroatoms. The molecule has 2 aliphatic rings. The molecule has 0 aromatic heterocycles. The Hall–Kier alpha value is -3.09. The molecular weight excluding hydrogens is 380 g/mol. The summed E-state index contributed by atoms with van der Waals surface area (Å²) in [7, 11) is 0. The molecule has 1 N–H and O–H groups in total. The molecule has 2 atom stereocenters. The van der Waals surface area contributed by atoms with Crippen LogP contribution < -0.4 is 15.1 Å². The third kappa shape index (κ3) is 3.97. The van der Waals surface area contributed by atoms with Crippen LogP contribution in [-0.4, -0.2) is 43.1 Å². The van der Waals surface area contributed by atoms with Crippen molar-refractivity contribution in [1.82, 2.24) is 5.32 Å². The molecule has 0 aliphatic carbocycles. The van der Waals surface area contributed by atoms with Crippen LogP contribution in [0, 0.1) is 22.0 Å². The average molecular weight is 409 g/mol. The van der Waals surface area contributed by atoms with Crippen molar-refractivity contribution in [2.45, 2.75) is 26.3 Å². The smallest absolute Gasteiger partial charge is 0.269 e. The molecule has 1 fully saturated rings. The number of nitrogens with zero attached hydrogens (tertiary/aromatic N) is 3. The van der Waals surface area contributed by atoms with Gasteiger partial charge in [-0.2, -0.15) is 0 Å². The van der Waals surface area contributed by atoms with Crippen LogP contribution in [-0.2, 0) is 11.2 Å². The zero-order valence-corrected chi connectivity index (χ0v) is 17.5. The first-order valence-corrected chi connectivity index (χ1v) is 10.6. The van der Waals surface area contributed by atoms with Crippen LogP contribution >= 0.6 is 0 Å². The topological polar surface area (TPSA) is 78.7 Å². The highest BCUT2D eigenvalue weighted by Gasteiger charge is 2.42. The molecule has 2 aromatic rings. The first kappa shape index (κ1) is 20.2. The fourth-order valence-corrected chi connectivity index (χ4v) is 4.53. The lowest BCUT2D eigenvalue weighted by Gasteiger charge is -2.49. The molecule has 0 bridgehead atoms. The number of nitro benzene ring substituents is 1. The molecular formula is C23H28N4O3. The first-order chi connectivity index (χ1) is 14.4. The minimum absolute atomic E-state index is 0.0278. The van der Waals surface area contributed by atoms with Crippen LogP contribution in [0.15, 0.2) is 48.5 Å². The Morgan fingerprint density at radius 2 is 1.97 bits per heavy atom. The standard InChI is InChI=1S/C23H28N4O3/c1-16(2)14-24-23(28)20-13-17-12-19(27(29)30)8-9-21(17)26-11-10-25(15-22(20)26)18-6-4-3-5-7-18/h3-9,12,16,20,22H,10-11,13-15H2,1-2H3,(H,24,28)/t20-,22-/m1/s1. The van der Waals surface area contributed by atoms with E-state index in [-0.39, 0.29) is 28.5 Å². The molecule has 1 amide bonds.